The Morgan fingerprint density at radius 1 is 1.44 bits per heavy atom. The molecule has 1 aliphatic rings. The van der Waals surface area contributed by atoms with Gasteiger partial charge in [0.15, 0.2) is 0 Å². The molecule has 1 atom stereocenters. The number of hydrogen-bond acceptors (Lipinski definition) is 4. The Kier molecular flexibility index (Phi) is 4.68. The number of nitrogens with zero attached hydrogens (tertiary/aromatic N) is 3. The fraction of sp³-hybridized carbons (Fsp3) is 0.571. The minimum Gasteiger partial charge on any atom is -0.395 e. The van der Waals surface area contributed by atoms with E-state index in [-0.39, 0.29) is 12.6 Å². The van der Waals surface area contributed by atoms with Gasteiger partial charge >= 0.3 is 0 Å². The molecule has 96 valence electrons. The lowest BCUT2D eigenvalue weighted by atomic mass is 10.1. The molecule has 4 nitrogen and oxygen atoms in total. The van der Waals surface area contributed by atoms with Crippen molar-refractivity contribution >= 4 is 0 Å². The predicted octanol–water partition coefficient (Wildman–Crippen LogP) is 1.69. The highest BCUT2D eigenvalue weighted by Crippen LogP contribution is 2.19. The molecule has 1 fully saturated rings. The van der Waals surface area contributed by atoms with E-state index in [1.807, 2.05) is 12.1 Å². The van der Waals surface area contributed by atoms with E-state index in [1.54, 1.807) is 6.20 Å². The average Bonchev–Trinajstić information content (AvgIpc) is 2.64. The molecule has 1 unspecified atom stereocenters. The van der Waals surface area contributed by atoms with Crippen molar-refractivity contribution in [2.45, 2.75) is 38.3 Å². The number of likely N-dealkylation sites (tertiary alicyclic amines) is 1. The van der Waals surface area contributed by atoms with E-state index >= 15 is 0 Å². The summed E-state index contributed by atoms with van der Waals surface area (Å²) in [6.07, 6.45) is 6.26. The topological polar surface area (TPSA) is 60.2 Å². The first kappa shape index (κ1) is 13.0. The third-order valence-electron chi connectivity index (χ3n) is 3.58. The van der Waals surface area contributed by atoms with Crippen LogP contribution < -0.4 is 0 Å². The van der Waals surface area contributed by atoms with E-state index in [9.17, 15) is 5.11 Å². The summed E-state index contributed by atoms with van der Waals surface area (Å²) in [5.74, 6) is 0. The van der Waals surface area contributed by atoms with Gasteiger partial charge in [-0.25, -0.2) is 4.98 Å². The van der Waals surface area contributed by atoms with Crippen LogP contribution in [-0.2, 0) is 6.54 Å². The molecule has 0 aromatic carbocycles. The van der Waals surface area contributed by atoms with E-state index in [4.69, 9.17) is 5.26 Å². The number of pyridine rings is 1. The molecular weight excluding hydrogens is 226 g/mol. The lowest BCUT2D eigenvalue weighted by molar-refractivity contribution is 0.118. The zero-order valence-corrected chi connectivity index (χ0v) is 10.5. The van der Waals surface area contributed by atoms with Gasteiger partial charge in [-0.3, -0.25) is 4.90 Å². The fourth-order valence-corrected chi connectivity index (χ4v) is 2.54. The summed E-state index contributed by atoms with van der Waals surface area (Å²) in [6.45, 7) is 1.90. The largest absolute Gasteiger partial charge is 0.395 e. The summed E-state index contributed by atoms with van der Waals surface area (Å²) in [5.41, 5.74) is 1.46. The summed E-state index contributed by atoms with van der Waals surface area (Å²) >= 11 is 0. The summed E-state index contributed by atoms with van der Waals surface area (Å²) in [7, 11) is 0. The molecular formula is C14H19N3O. The highest BCUT2D eigenvalue weighted by Gasteiger charge is 2.21. The summed E-state index contributed by atoms with van der Waals surface area (Å²) in [6, 6.07) is 6.17. The Labute approximate surface area is 108 Å². The van der Waals surface area contributed by atoms with Gasteiger partial charge < -0.3 is 5.11 Å². The summed E-state index contributed by atoms with van der Waals surface area (Å²) in [5, 5.41) is 18.5. The molecule has 1 aliphatic heterocycles. The number of aliphatic hydroxyl groups is 1. The molecule has 0 radical (unpaired) electrons. The lowest BCUT2D eigenvalue weighted by Gasteiger charge is -2.28. The Balaban J connectivity index is 2.13. The van der Waals surface area contributed by atoms with Gasteiger partial charge in [-0.15, -0.1) is 0 Å². The van der Waals surface area contributed by atoms with Crippen LogP contribution in [0.4, 0.5) is 0 Å². The van der Waals surface area contributed by atoms with Crippen LogP contribution in [0.25, 0.3) is 0 Å². The molecule has 2 heterocycles. The predicted molar refractivity (Wildman–Crippen MR) is 68.7 cm³/mol. The lowest BCUT2D eigenvalue weighted by Crippen LogP contribution is -2.37. The van der Waals surface area contributed by atoms with Gasteiger partial charge in [0, 0.05) is 24.3 Å². The molecule has 0 bridgehead atoms. The molecule has 18 heavy (non-hydrogen) atoms. The van der Waals surface area contributed by atoms with E-state index in [1.165, 1.54) is 19.3 Å². The van der Waals surface area contributed by atoms with Crippen molar-refractivity contribution in [3.8, 4) is 6.07 Å². The zero-order chi connectivity index (χ0) is 12.8. The first-order chi connectivity index (χ1) is 8.85. The number of hydrogen-bond donors (Lipinski definition) is 1. The average molecular weight is 245 g/mol. The summed E-state index contributed by atoms with van der Waals surface area (Å²) < 4.78 is 0. The Bertz CT molecular complexity index is 427. The standard InChI is InChI=1S/C14H19N3O/c15-9-14-12(5-4-7-16-14)10-17-8-3-1-2-6-13(17)11-18/h4-5,7,13,18H,1-3,6,8,10-11H2. The van der Waals surface area contributed by atoms with Crippen LogP contribution in [0.3, 0.4) is 0 Å². The van der Waals surface area contributed by atoms with Crippen molar-refractivity contribution < 1.29 is 5.11 Å². The van der Waals surface area contributed by atoms with Gasteiger partial charge in [0.25, 0.3) is 0 Å². The van der Waals surface area contributed by atoms with Crippen LogP contribution in [-0.4, -0.2) is 34.2 Å². The number of nitriles is 1. The van der Waals surface area contributed by atoms with Gasteiger partial charge in [-0.1, -0.05) is 18.9 Å². The van der Waals surface area contributed by atoms with Crippen LogP contribution in [0.15, 0.2) is 18.3 Å². The van der Waals surface area contributed by atoms with Crippen molar-refractivity contribution in [1.29, 1.82) is 5.26 Å². The van der Waals surface area contributed by atoms with Crippen molar-refractivity contribution in [3.05, 3.63) is 29.6 Å². The molecule has 0 amide bonds. The molecule has 0 spiro atoms. The van der Waals surface area contributed by atoms with Crippen LogP contribution in [0, 0.1) is 11.3 Å². The zero-order valence-electron chi connectivity index (χ0n) is 10.5. The molecule has 0 aliphatic carbocycles. The third kappa shape index (κ3) is 3.06. The van der Waals surface area contributed by atoms with Crippen LogP contribution in [0.5, 0.6) is 0 Å². The summed E-state index contributed by atoms with van der Waals surface area (Å²) in [4.78, 5) is 6.37. The first-order valence-corrected chi connectivity index (χ1v) is 6.54. The van der Waals surface area contributed by atoms with E-state index in [2.05, 4.69) is 16.0 Å². The molecule has 4 heteroatoms. The van der Waals surface area contributed by atoms with Crippen molar-refractivity contribution in [3.63, 3.8) is 0 Å². The highest BCUT2D eigenvalue weighted by atomic mass is 16.3. The maximum atomic E-state index is 9.47. The van der Waals surface area contributed by atoms with Crippen LogP contribution in [0.2, 0.25) is 0 Å². The smallest absolute Gasteiger partial charge is 0.144 e. The SMILES string of the molecule is N#Cc1ncccc1CN1CCCCCC1CO. The second-order valence-electron chi connectivity index (χ2n) is 4.78. The highest BCUT2D eigenvalue weighted by molar-refractivity contribution is 5.30. The van der Waals surface area contributed by atoms with Crippen LogP contribution in [0.1, 0.15) is 36.9 Å². The normalized spacial score (nSPS) is 21.2. The van der Waals surface area contributed by atoms with E-state index in [0.29, 0.717) is 12.2 Å². The van der Waals surface area contributed by atoms with Gasteiger partial charge in [-0.2, -0.15) is 5.26 Å². The Morgan fingerprint density at radius 2 is 2.33 bits per heavy atom. The number of rotatable bonds is 3. The Morgan fingerprint density at radius 3 is 3.11 bits per heavy atom. The first-order valence-electron chi connectivity index (χ1n) is 6.54. The van der Waals surface area contributed by atoms with Gasteiger partial charge in [-0.05, 0) is 25.5 Å². The molecule has 1 aromatic heterocycles. The maximum absolute atomic E-state index is 9.47. The van der Waals surface area contributed by atoms with Crippen molar-refractivity contribution in [1.82, 2.24) is 9.88 Å². The molecule has 1 N–H and O–H groups in total. The van der Waals surface area contributed by atoms with Crippen LogP contribution >= 0.6 is 0 Å². The second-order valence-corrected chi connectivity index (χ2v) is 4.78. The second kappa shape index (κ2) is 6.48. The van der Waals surface area contributed by atoms with E-state index in [0.717, 1.165) is 18.5 Å². The fourth-order valence-electron chi connectivity index (χ4n) is 2.54. The maximum Gasteiger partial charge on any atom is 0.144 e. The number of aromatic nitrogens is 1. The number of aliphatic hydroxyl groups excluding tert-OH is 1. The molecule has 2 rings (SSSR count). The molecule has 1 saturated heterocycles. The Hall–Kier alpha value is -1.44. The quantitative estimate of drug-likeness (QED) is 0.880. The van der Waals surface area contributed by atoms with Crippen molar-refractivity contribution in [2.24, 2.45) is 0 Å². The molecule has 1 aromatic rings. The third-order valence-corrected chi connectivity index (χ3v) is 3.58. The minimum atomic E-state index is 0.197. The van der Waals surface area contributed by atoms with Crippen molar-refractivity contribution in [2.75, 3.05) is 13.2 Å². The monoisotopic (exact) mass is 245 g/mol. The molecule has 0 saturated carbocycles. The van der Waals surface area contributed by atoms with Gasteiger partial charge in [0.1, 0.15) is 11.8 Å². The van der Waals surface area contributed by atoms with E-state index < -0.39 is 0 Å². The minimum absolute atomic E-state index is 0.197. The van der Waals surface area contributed by atoms with Gasteiger partial charge in [0.2, 0.25) is 0 Å². The van der Waals surface area contributed by atoms with Gasteiger partial charge in [0.05, 0.1) is 6.61 Å².